The second-order valence-corrected chi connectivity index (χ2v) is 3.61. The molecule has 2 N–H and O–H groups in total. The third-order valence-electron chi connectivity index (χ3n) is 2.33. The number of rotatable bonds is 1. The van der Waals surface area contributed by atoms with Gasteiger partial charge in [-0.1, -0.05) is 0 Å². The van der Waals surface area contributed by atoms with E-state index in [1.807, 2.05) is 0 Å². The third-order valence-corrected chi connectivity index (χ3v) is 2.33. The van der Waals surface area contributed by atoms with E-state index in [0.29, 0.717) is 18.9 Å². The number of likely N-dealkylation sites (tertiary alicyclic amines) is 1. The van der Waals surface area contributed by atoms with Crippen molar-refractivity contribution in [2.45, 2.75) is 38.5 Å². The fourth-order valence-electron chi connectivity index (χ4n) is 1.40. The van der Waals surface area contributed by atoms with Crippen LogP contribution in [0.4, 0.5) is 0 Å². The highest BCUT2D eigenvalue weighted by Crippen LogP contribution is 2.19. The molecule has 11 heavy (non-hydrogen) atoms. The topological polar surface area (TPSA) is 43.7 Å². The molecular formula is C8H17NO2. The molecule has 1 fully saturated rings. The van der Waals surface area contributed by atoms with Crippen molar-refractivity contribution in [2.24, 2.45) is 0 Å². The van der Waals surface area contributed by atoms with Gasteiger partial charge in [0.25, 0.3) is 0 Å². The van der Waals surface area contributed by atoms with Gasteiger partial charge in [-0.3, -0.25) is 0 Å². The quantitative estimate of drug-likeness (QED) is 0.536. The molecule has 0 atom stereocenters. The first-order valence-corrected chi connectivity index (χ1v) is 4.20. The van der Waals surface area contributed by atoms with Gasteiger partial charge < -0.3 is 15.1 Å². The average Bonchev–Trinajstić information content (AvgIpc) is 1.86. The van der Waals surface area contributed by atoms with Crippen molar-refractivity contribution >= 4 is 0 Å². The molecule has 3 nitrogen and oxygen atoms in total. The summed E-state index contributed by atoms with van der Waals surface area (Å²) in [4.78, 5) is 2.25. The number of nitrogens with zero attached hydrogens (tertiary/aromatic N) is 1. The van der Waals surface area contributed by atoms with Crippen molar-refractivity contribution in [2.75, 3.05) is 13.1 Å². The summed E-state index contributed by atoms with van der Waals surface area (Å²) in [5.74, 6) is -1.40. The Hall–Kier alpha value is -0.120. The van der Waals surface area contributed by atoms with Gasteiger partial charge in [0.15, 0.2) is 5.79 Å². The summed E-state index contributed by atoms with van der Waals surface area (Å²) in [6, 6.07) is 0.520. The van der Waals surface area contributed by atoms with E-state index < -0.39 is 5.79 Å². The highest BCUT2D eigenvalue weighted by atomic mass is 16.5. The van der Waals surface area contributed by atoms with Crippen LogP contribution in [0.3, 0.4) is 0 Å². The van der Waals surface area contributed by atoms with Crippen LogP contribution in [0.25, 0.3) is 0 Å². The fourth-order valence-corrected chi connectivity index (χ4v) is 1.40. The maximum absolute atomic E-state index is 9.20. The summed E-state index contributed by atoms with van der Waals surface area (Å²) >= 11 is 0. The summed E-state index contributed by atoms with van der Waals surface area (Å²) in [5, 5.41) is 18.4. The van der Waals surface area contributed by atoms with Gasteiger partial charge in [0.1, 0.15) is 0 Å². The molecule has 0 unspecified atom stereocenters. The molecule has 0 radical (unpaired) electrons. The third kappa shape index (κ3) is 2.43. The second kappa shape index (κ2) is 3.09. The van der Waals surface area contributed by atoms with E-state index in [2.05, 4.69) is 18.7 Å². The SMILES string of the molecule is CC(C)N1CCC(O)(O)CC1. The minimum atomic E-state index is -1.40. The summed E-state index contributed by atoms with van der Waals surface area (Å²) in [6.45, 7) is 5.85. The smallest absolute Gasteiger partial charge is 0.164 e. The molecular weight excluding hydrogens is 142 g/mol. The lowest BCUT2D eigenvalue weighted by atomic mass is 10.0. The first-order chi connectivity index (χ1) is 5.01. The molecule has 1 heterocycles. The first-order valence-electron chi connectivity index (χ1n) is 4.20. The number of aliphatic hydroxyl groups is 2. The minimum Gasteiger partial charge on any atom is -0.366 e. The van der Waals surface area contributed by atoms with E-state index in [9.17, 15) is 10.2 Å². The molecule has 1 aliphatic heterocycles. The molecule has 0 amide bonds. The highest BCUT2D eigenvalue weighted by Gasteiger charge is 2.29. The van der Waals surface area contributed by atoms with E-state index >= 15 is 0 Å². The molecule has 0 aliphatic carbocycles. The van der Waals surface area contributed by atoms with Crippen LogP contribution in [-0.4, -0.2) is 40.0 Å². The predicted molar refractivity (Wildman–Crippen MR) is 43.1 cm³/mol. The van der Waals surface area contributed by atoms with Gasteiger partial charge in [-0.15, -0.1) is 0 Å². The minimum absolute atomic E-state index is 0.477. The maximum Gasteiger partial charge on any atom is 0.164 e. The molecule has 0 bridgehead atoms. The Morgan fingerprint density at radius 2 is 1.64 bits per heavy atom. The van der Waals surface area contributed by atoms with Crippen molar-refractivity contribution in [1.29, 1.82) is 0 Å². The molecule has 3 heteroatoms. The Morgan fingerprint density at radius 3 is 2.00 bits per heavy atom. The standard InChI is InChI=1S/C8H17NO2/c1-7(2)9-5-3-8(10,11)4-6-9/h7,10-11H,3-6H2,1-2H3. The van der Waals surface area contributed by atoms with Gasteiger partial charge in [-0.05, 0) is 13.8 Å². The summed E-state index contributed by atoms with van der Waals surface area (Å²) < 4.78 is 0. The molecule has 0 spiro atoms. The van der Waals surface area contributed by atoms with Crippen molar-refractivity contribution < 1.29 is 10.2 Å². The largest absolute Gasteiger partial charge is 0.366 e. The molecule has 0 aromatic rings. The molecule has 0 aromatic carbocycles. The van der Waals surface area contributed by atoms with E-state index in [1.54, 1.807) is 0 Å². The summed E-state index contributed by atoms with van der Waals surface area (Å²) in [5.41, 5.74) is 0. The average molecular weight is 159 g/mol. The van der Waals surface area contributed by atoms with Crippen molar-refractivity contribution in [1.82, 2.24) is 4.90 Å². The molecule has 66 valence electrons. The normalized spacial score (nSPS) is 25.9. The Bertz CT molecular complexity index is 124. The second-order valence-electron chi connectivity index (χ2n) is 3.61. The zero-order valence-electron chi connectivity index (χ0n) is 7.25. The molecule has 0 saturated carbocycles. The van der Waals surface area contributed by atoms with Crippen LogP contribution in [0, 0.1) is 0 Å². The molecule has 0 aromatic heterocycles. The van der Waals surface area contributed by atoms with Crippen LogP contribution < -0.4 is 0 Å². The molecule has 1 aliphatic rings. The van der Waals surface area contributed by atoms with E-state index in [1.165, 1.54) is 0 Å². The van der Waals surface area contributed by atoms with Crippen LogP contribution in [0.1, 0.15) is 26.7 Å². The van der Waals surface area contributed by atoms with Crippen LogP contribution in [-0.2, 0) is 0 Å². The highest BCUT2D eigenvalue weighted by molar-refractivity contribution is 4.77. The molecule has 1 saturated heterocycles. The number of hydrogen-bond acceptors (Lipinski definition) is 3. The van der Waals surface area contributed by atoms with Crippen molar-refractivity contribution in [3.05, 3.63) is 0 Å². The van der Waals surface area contributed by atoms with E-state index in [0.717, 1.165) is 13.1 Å². The van der Waals surface area contributed by atoms with Crippen LogP contribution in [0.2, 0.25) is 0 Å². The van der Waals surface area contributed by atoms with E-state index in [4.69, 9.17) is 0 Å². The Balaban J connectivity index is 2.36. The fraction of sp³-hybridized carbons (Fsp3) is 1.00. The molecule has 1 rings (SSSR count). The number of piperidine rings is 1. The van der Waals surface area contributed by atoms with Gasteiger partial charge >= 0.3 is 0 Å². The Morgan fingerprint density at radius 1 is 1.18 bits per heavy atom. The van der Waals surface area contributed by atoms with Crippen molar-refractivity contribution in [3.8, 4) is 0 Å². The van der Waals surface area contributed by atoms with Crippen LogP contribution >= 0.6 is 0 Å². The zero-order valence-corrected chi connectivity index (χ0v) is 7.25. The van der Waals surface area contributed by atoms with Gasteiger partial charge in [-0.2, -0.15) is 0 Å². The maximum atomic E-state index is 9.20. The zero-order chi connectivity index (χ0) is 8.48. The lowest BCUT2D eigenvalue weighted by Crippen LogP contribution is -2.46. The Kier molecular flexibility index (Phi) is 2.52. The van der Waals surface area contributed by atoms with Gasteiger partial charge in [0, 0.05) is 32.0 Å². The van der Waals surface area contributed by atoms with Crippen molar-refractivity contribution in [3.63, 3.8) is 0 Å². The number of hydrogen-bond donors (Lipinski definition) is 2. The lowest BCUT2D eigenvalue weighted by Gasteiger charge is -2.36. The van der Waals surface area contributed by atoms with Gasteiger partial charge in [0.2, 0.25) is 0 Å². The predicted octanol–water partition coefficient (Wildman–Crippen LogP) is 0.172. The Labute approximate surface area is 67.6 Å². The summed E-state index contributed by atoms with van der Waals surface area (Å²) in [6.07, 6.45) is 0.955. The first kappa shape index (κ1) is 8.97. The van der Waals surface area contributed by atoms with Gasteiger partial charge in [0.05, 0.1) is 0 Å². The lowest BCUT2D eigenvalue weighted by molar-refractivity contribution is -0.190. The van der Waals surface area contributed by atoms with E-state index in [-0.39, 0.29) is 0 Å². The van der Waals surface area contributed by atoms with Crippen LogP contribution in [0.15, 0.2) is 0 Å². The van der Waals surface area contributed by atoms with Crippen LogP contribution in [0.5, 0.6) is 0 Å². The van der Waals surface area contributed by atoms with Gasteiger partial charge in [-0.25, -0.2) is 0 Å². The monoisotopic (exact) mass is 159 g/mol. The summed E-state index contributed by atoms with van der Waals surface area (Å²) in [7, 11) is 0.